The molecule has 9 nitrogen and oxygen atoms in total. The van der Waals surface area contributed by atoms with Gasteiger partial charge in [0.25, 0.3) is 5.91 Å². The molecule has 4 rings (SSSR count). The lowest BCUT2D eigenvalue weighted by Gasteiger charge is -2.24. The minimum atomic E-state index is -4.83. The summed E-state index contributed by atoms with van der Waals surface area (Å²) in [5.41, 5.74) is 1.72. The molecule has 0 saturated carbocycles. The zero-order chi connectivity index (χ0) is 30.4. The van der Waals surface area contributed by atoms with Gasteiger partial charge in [0.05, 0.1) is 31.4 Å². The van der Waals surface area contributed by atoms with E-state index in [2.05, 4.69) is 10.1 Å². The molecular formula is C29H26F3N3O6S. The molecule has 1 fully saturated rings. The zero-order valence-electron chi connectivity index (χ0n) is 22.5. The SMILES string of the molecule is CCOC(=O)c1ccc(NC(=O)CC2C(=O)N(c3ccc(OC)cc3)C(=S)N2Cc2ccc(OC(F)(F)F)cc2)cc1. The van der Waals surface area contributed by atoms with Crippen LogP contribution in [0, 0.1) is 0 Å². The number of ether oxygens (including phenoxy) is 3. The van der Waals surface area contributed by atoms with Gasteiger partial charge in [-0.15, -0.1) is 13.2 Å². The van der Waals surface area contributed by atoms with Crippen molar-refractivity contribution in [2.45, 2.75) is 32.3 Å². The second-order valence-corrected chi connectivity index (χ2v) is 9.40. The van der Waals surface area contributed by atoms with E-state index in [9.17, 15) is 27.6 Å². The lowest BCUT2D eigenvalue weighted by molar-refractivity contribution is -0.274. The van der Waals surface area contributed by atoms with E-state index in [1.807, 2.05) is 0 Å². The van der Waals surface area contributed by atoms with Gasteiger partial charge in [0.1, 0.15) is 17.5 Å². The number of benzene rings is 3. The van der Waals surface area contributed by atoms with E-state index >= 15 is 0 Å². The van der Waals surface area contributed by atoms with E-state index < -0.39 is 35.9 Å². The Labute approximate surface area is 244 Å². The third-order valence-electron chi connectivity index (χ3n) is 6.22. The van der Waals surface area contributed by atoms with Gasteiger partial charge >= 0.3 is 12.3 Å². The van der Waals surface area contributed by atoms with Crippen molar-refractivity contribution >= 4 is 46.5 Å². The van der Waals surface area contributed by atoms with Crippen LogP contribution < -0.4 is 19.7 Å². The summed E-state index contributed by atoms with van der Waals surface area (Å²) in [5.74, 6) is -1.26. The average molecular weight is 602 g/mol. The number of carbonyl (C=O) groups is 3. The number of methoxy groups -OCH3 is 1. The van der Waals surface area contributed by atoms with Gasteiger partial charge in [0.2, 0.25) is 5.91 Å². The Morgan fingerprint density at radius 2 is 1.57 bits per heavy atom. The molecular weight excluding hydrogens is 575 g/mol. The number of hydrogen-bond acceptors (Lipinski definition) is 7. The lowest BCUT2D eigenvalue weighted by Crippen LogP contribution is -2.37. The van der Waals surface area contributed by atoms with Crippen molar-refractivity contribution in [2.75, 3.05) is 23.9 Å². The molecule has 13 heteroatoms. The summed E-state index contributed by atoms with van der Waals surface area (Å²) in [6.45, 7) is 1.96. The number of alkyl halides is 3. The fourth-order valence-corrected chi connectivity index (χ4v) is 4.65. The fraction of sp³-hybridized carbons (Fsp3) is 0.241. The highest BCUT2D eigenvalue weighted by molar-refractivity contribution is 7.80. The van der Waals surface area contributed by atoms with Crippen molar-refractivity contribution in [2.24, 2.45) is 0 Å². The van der Waals surface area contributed by atoms with Crippen LogP contribution in [0.2, 0.25) is 0 Å². The van der Waals surface area contributed by atoms with Crippen LogP contribution in [0.5, 0.6) is 11.5 Å². The van der Waals surface area contributed by atoms with Crippen molar-refractivity contribution in [1.29, 1.82) is 0 Å². The van der Waals surface area contributed by atoms with Gasteiger partial charge in [-0.25, -0.2) is 4.79 Å². The molecule has 1 aliphatic heterocycles. The number of rotatable bonds is 10. The third-order valence-corrected chi connectivity index (χ3v) is 6.63. The van der Waals surface area contributed by atoms with Crippen LogP contribution in [0.3, 0.4) is 0 Å². The summed E-state index contributed by atoms with van der Waals surface area (Å²) in [7, 11) is 1.51. The van der Waals surface area contributed by atoms with Crippen molar-refractivity contribution in [3.8, 4) is 11.5 Å². The van der Waals surface area contributed by atoms with Crippen LogP contribution in [0.1, 0.15) is 29.3 Å². The summed E-state index contributed by atoms with van der Waals surface area (Å²) in [6, 6.07) is 16.9. The number of nitrogens with one attached hydrogen (secondary N) is 1. The molecule has 1 saturated heterocycles. The maximum absolute atomic E-state index is 13.6. The predicted octanol–water partition coefficient (Wildman–Crippen LogP) is 5.30. The monoisotopic (exact) mass is 601 g/mol. The Morgan fingerprint density at radius 3 is 2.14 bits per heavy atom. The van der Waals surface area contributed by atoms with Crippen LogP contribution >= 0.6 is 12.2 Å². The molecule has 0 bridgehead atoms. The number of anilines is 2. The Kier molecular flexibility index (Phi) is 9.31. The van der Waals surface area contributed by atoms with E-state index in [-0.39, 0.29) is 24.7 Å². The maximum Gasteiger partial charge on any atom is 0.573 e. The summed E-state index contributed by atoms with van der Waals surface area (Å²) in [4.78, 5) is 41.4. The van der Waals surface area contributed by atoms with Crippen LogP contribution in [-0.4, -0.2) is 53.9 Å². The molecule has 1 N–H and O–H groups in total. The molecule has 3 aromatic rings. The summed E-state index contributed by atoms with van der Waals surface area (Å²) in [5, 5.41) is 2.84. The van der Waals surface area contributed by atoms with Crippen LogP contribution in [0.4, 0.5) is 24.5 Å². The third kappa shape index (κ3) is 7.35. The first kappa shape index (κ1) is 30.3. The molecule has 1 aliphatic rings. The summed E-state index contributed by atoms with van der Waals surface area (Å²) < 4.78 is 51.8. The Morgan fingerprint density at radius 1 is 0.952 bits per heavy atom. The second-order valence-electron chi connectivity index (χ2n) is 9.04. The fourth-order valence-electron chi connectivity index (χ4n) is 4.27. The zero-order valence-corrected chi connectivity index (χ0v) is 23.3. The number of thiocarbonyl (C=S) groups is 1. The summed E-state index contributed by atoms with van der Waals surface area (Å²) >= 11 is 5.65. The number of hydrogen-bond donors (Lipinski definition) is 1. The molecule has 1 unspecified atom stereocenters. The standard InChI is InChI=1S/C29H26F3N3O6S/c1-3-40-27(38)19-6-8-20(9-7-19)33-25(36)16-24-26(37)35(21-10-14-22(39-2)15-11-21)28(42)34(24)17-18-4-12-23(13-5-18)41-29(30,31)32/h4-15,24H,3,16-17H2,1-2H3,(H,33,36). The van der Waals surface area contributed by atoms with E-state index in [0.717, 1.165) is 12.1 Å². The van der Waals surface area contributed by atoms with Gasteiger partial charge in [-0.3, -0.25) is 14.5 Å². The number of halogens is 3. The maximum atomic E-state index is 13.6. The predicted molar refractivity (Wildman–Crippen MR) is 151 cm³/mol. The second kappa shape index (κ2) is 12.9. The molecule has 42 heavy (non-hydrogen) atoms. The summed E-state index contributed by atoms with van der Waals surface area (Å²) in [6.07, 6.45) is -5.11. The number of esters is 1. The average Bonchev–Trinajstić information content (AvgIpc) is 3.17. The number of carbonyl (C=O) groups excluding carboxylic acids is 3. The van der Waals surface area contributed by atoms with Gasteiger partial charge in [0, 0.05) is 12.2 Å². The van der Waals surface area contributed by atoms with Crippen molar-refractivity contribution < 1.29 is 41.8 Å². The first-order valence-corrected chi connectivity index (χ1v) is 13.1. The van der Waals surface area contributed by atoms with Crippen molar-refractivity contribution in [3.05, 3.63) is 83.9 Å². The molecule has 2 amide bonds. The highest BCUT2D eigenvalue weighted by Crippen LogP contribution is 2.31. The van der Waals surface area contributed by atoms with Crippen LogP contribution in [0.25, 0.3) is 0 Å². The topological polar surface area (TPSA) is 97.4 Å². The molecule has 0 aromatic heterocycles. The molecule has 0 aliphatic carbocycles. The minimum Gasteiger partial charge on any atom is -0.497 e. The van der Waals surface area contributed by atoms with Crippen molar-refractivity contribution in [3.63, 3.8) is 0 Å². The molecule has 1 atom stereocenters. The normalized spacial score (nSPS) is 15.0. The highest BCUT2D eigenvalue weighted by atomic mass is 32.1. The molecule has 220 valence electrons. The Bertz CT molecular complexity index is 1450. The van der Waals surface area contributed by atoms with Gasteiger partial charge in [-0.2, -0.15) is 0 Å². The van der Waals surface area contributed by atoms with E-state index in [4.69, 9.17) is 21.7 Å². The van der Waals surface area contributed by atoms with Crippen LogP contribution in [-0.2, 0) is 20.9 Å². The highest BCUT2D eigenvalue weighted by Gasteiger charge is 2.44. The molecule has 0 spiro atoms. The van der Waals surface area contributed by atoms with E-state index in [1.54, 1.807) is 36.1 Å². The number of amides is 2. The van der Waals surface area contributed by atoms with E-state index in [1.165, 1.54) is 48.4 Å². The molecule has 1 heterocycles. The first-order chi connectivity index (χ1) is 20.0. The number of nitrogens with zero attached hydrogens (tertiary/aromatic N) is 2. The van der Waals surface area contributed by atoms with Crippen LogP contribution in [0.15, 0.2) is 72.8 Å². The van der Waals surface area contributed by atoms with E-state index in [0.29, 0.717) is 28.3 Å². The first-order valence-electron chi connectivity index (χ1n) is 12.7. The van der Waals surface area contributed by atoms with Gasteiger partial charge in [0.15, 0.2) is 5.11 Å². The largest absolute Gasteiger partial charge is 0.573 e. The Balaban J connectivity index is 1.54. The minimum absolute atomic E-state index is 0.0374. The molecule has 3 aromatic carbocycles. The van der Waals surface area contributed by atoms with Gasteiger partial charge in [-0.05, 0) is 85.4 Å². The quantitative estimate of drug-likeness (QED) is 0.247. The smallest absolute Gasteiger partial charge is 0.497 e. The van der Waals surface area contributed by atoms with Gasteiger partial charge in [-0.1, -0.05) is 12.1 Å². The van der Waals surface area contributed by atoms with Gasteiger partial charge < -0.3 is 24.4 Å². The van der Waals surface area contributed by atoms with Crippen molar-refractivity contribution in [1.82, 2.24) is 4.90 Å². The Hall–Kier alpha value is -4.65. The lowest BCUT2D eigenvalue weighted by atomic mass is 10.1. The molecule has 0 radical (unpaired) electrons.